The van der Waals surface area contributed by atoms with Gasteiger partial charge in [0.1, 0.15) is 17.9 Å². The third-order valence-electron chi connectivity index (χ3n) is 4.50. The van der Waals surface area contributed by atoms with E-state index in [0.29, 0.717) is 17.1 Å². The standard InChI is InChI=1S/C20H20N4O6/c1-11-9-14(19(27)30-4)16-17(21-11)23(2)20(28)24(18(16)26)10-15(25)22-12-5-7-13(29-3)8-6-12/h5-9H,10H2,1-4H3,(H,22,25). The Balaban J connectivity index is 2.06. The van der Waals surface area contributed by atoms with Crippen LogP contribution in [0.4, 0.5) is 5.69 Å². The number of hydrogen-bond acceptors (Lipinski definition) is 7. The Morgan fingerprint density at radius 1 is 1.13 bits per heavy atom. The fourth-order valence-corrected chi connectivity index (χ4v) is 3.03. The summed E-state index contributed by atoms with van der Waals surface area (Å²) < 4.78 is 11.7. The molecule has 2 aromatic heterocycles. The summed E-state index contributed by atoms with van der Waals surface area (Å²) in [6, 6.07) is 7.98. The Bertz CT molecular complexity index is 1260. The lowest BCUT2D eigenvalue weighted by Crippen LogP contribution is -2.42. The second-order valence-corrected chi connectivity index (χ2v) is 6.51. The molecule has 0 fully saturated rings. The SMILES string of the molecule is COC(=O)c1cc(C)nc2c1c(=O)n(CC(=O)Nc1ccc(OC)cc1)c(=O)n2C. The van der Waals surface area contributed by atoms with Crippen LogP contribution >= 0.6 is 0 Å². The average molecular weight is 412 g/mol. The van der Waals surface area contributed by atoms with Crippen LogP contribution in [0.1, 0.15) is 16.1 Å². The van der Waals surface area contributed by atoms with Crippen LogP contribution in [-0.2, 0) is 23.1 Å². The Morgan fingerprint density at radius 3 is 2.40 bits per heavy atom. The number of rotatable bonds is 5. The molecule has 3 aromatic rings. The number of pyridine rings is 1. The number of anilines is 1. The van der Waals surface area contributed by atoms with E-state index in [9.17, 15) is 19.2 Å². The largest absolute Gasteiger partial charge is 0.497 e. The molecule has 1 N–H and O–H groups in total. The Morgan fingerprint density at radius 2 is 1.80 bits per heavy atom. The quantitative estimate of drug-likeness (QED) is 0.616. The van der Waals surface area contributed by atoms with E-state index in [2.05, 4.69) is 10.3 Å². The smallest absolute Gasteiger partial charge is 0.338 e. The summed E-state index contributed by atoms with van der Waals surface area (Å²) in [5.74, 6) is -0.709. The molecular weight excluding hydrogens is 392 g/mol. The number of nitrogens with one attached hydrogen (secondary N) is 1. The lowest BCUT2D eigenvalue weighted by molar-refractivity contribution is -0.116. The van der Waals surface area contributed by atoms with Crippen molar-refractivity contribution in [1.82, 2.24) is 14.1 Å². The maximum Gasteiger partial charge on any atom is 0.338 e. The summed E-state index contributed by atoms with van der Waals surface area (Å²) in [6.45, 7) is 1.09. The topological polar surface area (TPSA) is 122 Å². The van der Waals surface area contributed by atoms with E-state index in [4.69, 9.17) is 9.47 Å². The Labute approximate surface area is 170 Å². The highest BCUT2D eigenvalue weighted by Crippen LogP contribution is 2.16. The number of hydrogen-bond donors (Lipinski definition) is 1. The molecule has 0 aliphatic carbocycles. The van der Waals surface area contributed by atoms with Crippen LogP contribution in [0.25, 0.3) is 11.0 Å². The molecule has 0 saturated heterocycles. The van der Waals surface area contributed by atoms with Gasteiger partial charge in [0.25, 0.3) is 5.56 Å². The van der Waals surface area contributed by atoms with Gasteiger partial charge in [-0.05, 0) is 37.3 Å². The summed E-state index contributed by atoms with van der Waals surface area (Å²) in [7, 11) is 4.12. The molecule has 2 heterocycles. The average Bonchev–Trinajstić information content (AvgIpc) is 2.74. The molecule has 1 aromatic carbocycles. The summed E-state index contributed by atoms with van der Waals surface area (Å²) in [4.78, 5) is 54.6. The maximum absolute atomic E-state index is 13.0. The molecule has 0 saturated carbocycles. The minimum Gasteiger partial charge on any atom is -0.497 e. The number of aryl methyl sites for hydroxylation is 2. The van der Waals surface area contributed by atoms with Gasteiger partial charge < -0.3 is 14.8 Å². The summed E-state index contributed by atoms with van der Waals surface area (Å²) >= 11 is 0. The van der Waals surface area contributed by atoms with E-state index < -0.39 is 29.7 Å². The molecule has 156 valence electrons. The van der Waals surface area contributed by atoms with Crippen LogP contribution in [0.2, 0.25) is 0 Å². The number of benzene rings is 1. The molecule has 0 atom stereocenters. The molecule has 0 aliphatic rings. The zero-order chi connectivity index (χ0) is 22.0. The van der Waals surface area contributed by atoms with Crippen molar-refractivity contribution >= 4 is 28.6 Å². The predicted octanol–water partition coefficient (Wildman–Crippen LogP) is 0.838. The van der Waals surface area contributed by atoms with Crippen LogP contribution in [0.15, 0.2) is 39.9 Å². The van der Waals surface area contributed by atoms with Crippen molar-refractivity contribution in [2.24, 2.45) is 7.05 Å². The summed E-state index contributed by atoms with van der Waals surface area (Å²) in [5, 5.41) is 2.52. The lowest BCUT2D eigenvalue weighted by atomic mass is 10.1. The normalized spacial score (nSPS) is 10.7. The first-order valence-corrected chi connectivity index (χ1v) is 8.90. The third kappa shape index (κ3) is 3.79. The van der Waals surface area contributed by atoms with Gasteiger partial charge in [-0.2, -0.15) is 0 Å². The van der Waals surface area contributed by atoms with Gasteiger partial charge in [-0.3, -0.25) is 18.7 Å². The van der Waals surface area contributed by atoms with Crippen molar-refractivity contribution in [3.8, 4) is 5.75 Å². The highest BCUT2D eigenvalue weighted by molar-refractivity contribution is 6.02. The second kappa shape index (κ2) is 8.19. The Kier molecular flexibility index (Phi) is 5.67. The molecule has 0 aliphatic heterocycles. The van der Waals surface area contributed by atoms with Crippen molar-refractivity contribution < 1.29 is 19.1 Å². The molecule has 0 spiro atoms. The second-order valence-electron chi connectivity index (χ2n) is 6.51. The van der Waals surface area contributed by atoms with Gasteiger partial charge >= 0.3 is 11.7 Å². The lowest BCUT2D eigenvalue weighted by Gasteiger charge is -2.13. The molecule has 30 heavy (non-hydrogen) atoms. The molecule has 10 nitrogen and oxygen atoms in total. The van der Waals surface area contributed by atoms with Crippen molar-refractivity contribution in [1.29, 1.82) is 0 Å². The minimum absolute atomic E-state index is 0.0232. The molecule has 1 amide bonds. The van der Waals surface area contributed by atoms with Gasteiger partial charge in [0, 0.05) is 18.4 Å². The summed E-state index contributed by atoms with van der Waals surface area (Å²) in [5.41, 5.74) is -0.606. The highest BCUT2D eigenvalue weighted by atomic mass is 16.5. The molecule has 0 bridgehead atoms. The van der Waals surface area contributed by atoms with E-state index in [1.807, 2.05) is 0 Å². The number of methoxy groups -OCH3 is 2. The number of esters is 1. The van der Waals surface area contributed by atoms with E-state index >= 15 is 0 Å². The first kappa shape index (κ1) is 20.8. The van der Waals surface area contributed by atoms with Gasteiger partial charge in [-0.1, -0.05) is 0 Å². The van der Waals surface area contributed by atoms with E-state index in [0.717, 1.165) is 9.13 Å². The number of nitrogens with zero attached hydrogens (tertiary/aromatic N) is 3. The minimum atomic E-state index is -0.800. The van der Waals surface area contributed by atoms with Crippen LogP contribution in [0.5, 0.6) is 5.75 Å². The number of amides is 1. The predicted molar refractivity (Wildman–Crippen MR) is 109 cm³/mol. The van der Waals surface area contributed by atoms with Crippen molar-refractivity contribution in [2.45, 2.75) is 13.5 Å². The fraction of sp³-hybridized carbons (Fsp3) is 0.250. The van der Waals surface area contributed by atoms with Crippen LogP contribution in [0.3, 0.4) is 0 Å². The van der Waals surface area contributed by atoms with Crippen LogP contribution in [-0.4, -0.2) is 40.2 Å². The van der Waals surface area contributed by atoms with Gasteiger partial charge in [0.15, 0.2) is 0 Å². The maximum atomic E-state index is 13.0. The zero-order valence-corrected chi connectivity index (χ0v) is 16.9. The molecule has 0 unspecified atom stereocenters. The van der Waals surface area contributed by atoms with Gasteiger partial charge in [-0.15, -0.1) is 0 Å². The number of carbonyl (C=O) groups excluding carboxylic acids is 2. The first-order chi connectivity index (χ1) is 14.3. The number of ether oxygens (including phenoxy) is 2. The highest BCUT2D eigenvalue weighted by Gasteiger charge is 2.21. The van der Waals surface area contributed by atoms with E-state index in [1.54, 1.807) is 31.2 Å². The number of fused-ring (bicyclic) bond motifs is 1. The fourth-order valence-electron chi connectivity index (χ4n) is 3.03. The van der Waals surface area contributed by atoms with Crippen LogP contribution in [0, 0.1) is 6.92 Å². The van der Waals surface area contributed by atoms with Gasteiger partial charge in [0.05, 0.1) is 25.2 Å². The van der Waals surface area contributed by atoms with Crippen molar-refractivity contribution in [3.63, 3.8) is 0 Å². The van der Waals surface area contributed by atoms with Crippen LogP contribution < -0.4 is 21.3 Å². The van der Waals surface area contributed by atoms with E-state index in [-0.39, 0.29) is 16.6 Å². The van der Waals surface area contributed by atoms with Gasteiger partial charge in [0.2, 0.25) is 5.91 Å². The molecular formula is C20H20N4O6. The van der Waals surface area contributed by atoms with Crippen molar-refractivity contribution in [2.75, 3.05) is 19.5 Å². The molecule has 3 rings (SSSR count). The van der Waals surface area contributed by atoms with Gasteiger partial charge in [-0.25, -0.2) is 14.6 Å². The summed E-state index contributed by atoms with van der Waals surface area (Å²) in [6.07, 6.45) is 0. The Hall–Kier alpha value is -3.95. The number of carbonyl (C=O) groups is 2. The first-order valence-electron chi connectivity index (χ1n) is 8.90. The monoisotopic (exact) mass is 412 g/mol. The molecule has 10 heteroatoms. The zero-order valence-electron chi connectivity index (χ0n) is 16.9. The van der Waals surface area contributed by atoms with Crippen molar-refractivity contribution in [3.05, 3.63) is 62.4 Å². The van der Waals surface area contributed by atoms with E-state index in [1.165, 1.54) is 27.3 Å². The third-order valence-corrected chi connectivity index (χ3v) is 4.50. The number of aromatic nitrogens is 3. The molecule has 0 radical (unpaired) electrons.